The van der Waals surface area contributed by atoms with E-state index < -0.39 is 0 Å². The van der Waals surface area contributed by atoms with Gasteiger partial charge in [0.15, 0.2) is 17.3 Å². The van der Waals surface area contributed by atoms with Gasteiger partial charge >= 0.3 is 0 Å². The zero-order valence-electron chi connectivity index (χ0n) is 14.5. The summed E-state index contributed by atoms with van der Waals surface area (Å²) in [4.78, 5) is 9.97. The lowest BCUT2D eigenvalue weighted by atomic mass is 10.1. The van der Waals surface area contributed by atoms with Crippen LogP contribution < -0.4 is 0 Å². The molecule has 9 heteroatoms. The Hall–Kier alpha value is -2.76. The SMILES string of the molecule is Cn1nnnc1C(=NOCc1nc(C#CC2CC2)sc1Cl)c1ccccc1. The fourth-order valence-electron chi connectivity index (χ4n) is 2.27. The Labute approximate surface area is 165 Å². The molecule has 136 valence electrons. The summed E-state index contributed by atoms with van der Waals surface area (Å²) in [5.41, 5.74) is 1.99. The topological polar surface area (TPSA) is 78.1 Å². The van der Waals surface area contributed by atoms with Gasteiger partial charge in [-0.1, -0.05) is 64.3 Å². The number of hydrogen-bond donors (Lipinski definition) is 0. The van der Waals surface area contributed by atoms with Gasteiger partial charge in [-0.2, -0.15) is 0 Å². The van der Waals surface area contributed by atoms with Crippen LogP contribution in [0.15, 0.2) is 35.5 Å². The lowest BCUT2D eigenvalue weighted by Crippen LogP contribution is -2.12. The predicted octanol–water partition coefficient (Wildman–Crippen LogP) is 3.05. The molecule has 1 aliphatic rings. The molecule has 1 saturated carbocycles. The smallest absolute Gasteiger partial charge is 0.204 e. The van der Waals surface area contributed by atoms with Crippen molar-refractivity contribution in [1.82, 2.24) is 25.2 Å². The number of nitrogens with zero attached hydrogens (tertiary/aromatic N) is 6. The normalized spacial score (nSPS) is 13.9. The van der Waals surface area contributed by atoms with Crippen LogP contribution >= 0.6 is 22.9 Å². The minimum atomic E-state index is 0.141. The third-order valence-electron chi connectivity index (χ3n) is 3.85. The summed E-state index contributed by atoms with van der Waals surface area (Å²) in [6, 6.07) is 9.58. The van der Waals surface area contributed by atoms with Gasteiger partial charge in [0.2, 0.25) is 5.82 Å². The van der Waals surface area contributed by atoms with E-state index in [-0.39, 0.29) is 6.61 Å². The molecule has 2 heterocycles. The van der Waals surface area contributed by atoms with E-state index in [0.29, 0.717) is 32.5 Å². The van der Waals surface area contributed by atoms with Gasteiger partial charge in [0.05, 0.1) is 0 Å². The number of tetrazole rings is 1. The molecular weight excluding hydrogens is 384 g/mol. The Morgan fingerprint density at radius 1 is 1.37 bits per heavy atom. The Bertz CT molecular complexity index is 1030. The van der Waals surface area contributed by atoms with Crippen LogP contribution in [0.1, 0.15) is 34.9 Å². The van der Waals surface area contributed by atoms with Gasteiger partial charge in [0.25, 0.3) is 0 Å². The molecule has 3 aromatic rings. The minimum absolute atomic E-state index is 0.141. The van der Waals surface area contributed by atoms with Gasteiger partial charge in [-0.3, -0.25) is 0 Å². The van der Waals surface area contributed by atoms with E-state index >= 15 is 0 Å². The summed E-state index contributed by atoms with van der Waals surface area (Å²) in [6.07, 6.45) is 2.35. The van der Waals surface area contributed by atoms with Gasteiger partial charge in [-0.25, -0.2) is 9.67 Å². The van der Waals surface area contributed by atoms with Crippen LogP contribution in [0.3, 0.4) is 0 Å². The molecule has 1 aromatic carbocycles. The highest BCUT2D eigenvalue weighted by Crippen LogP contribution is 2.29. The molecule has 0 radical (unpaired) electrons. The van der Waals surface area contributed by atoms with E-state index in [1.54, 1.807) is 7.05 Å². The largest absolute Gasteiger partial charge is 0.389 e. The molecule has 0 saturated heterocycles. The summed E-state index contributed by atoms with van der Waals surface area (Å²) in [5, 5.41) is 16.5. The van der Waals surface area contributed by atoms with Gasteiger partial charge in [-0.15, -0.1) is 5.10 Å². The minimum Gasteiger partial charge on any atom is -0.389 e. The van der Waals surface area contributed by atoms with E-state index in [4.69, 9.17) is 16.4 Å². The zero-order chi connectivity index (χ0) is 18.6. The quantitative estimate of drug-likeness (QED) is 0.375. The first-order valence-corrected chi connectivity index (χ1v) is 9.55. The molecule has 0 spiro atoms. The molecule has 0 amide bonds. The highest BCUT2D eigenvalue weighted by atomic mass is 35.5. The van der Waals surface area contributed by atoms with E-state index in [2.05, 4.69) is 37.5 Å². The highest BCUT2D eigenvalue weighted by molar-refractivity contribution is 7.16. The Kier molecular flexibility index (Phi) is 5.14. The number of rotatable bonds is 5. The van der Waals surface area contributed by atoms with Crippen molar-refractivity contribution in [2.45, 2.75) is 19.4 Å². The monoisotopic (exact) mass is 398 g/mol. The van der Waals surface area contributed by atoms with Crippen LogP contribution in [-0.4, -0.2) is 30.9 Å². The molecule has 0 bridgehead atoms. The summed E-state index contributed by atoms with van der Waals surface area (Å²) < 4.78 is 2.10. The van der Waals surface area contributed by atoms with Crippen molar-refractivity contribution in [3.8, 4) is 11.8 Å². The van der Waals surface area contributed by atoms with Crippen molar-refractivity contribution >= 4 is 28.6 Å². The summed E-state index contributed by atoms with van der Waals surface area (Å²) in [6.45, 7) is 0.141. The summed E-state index contributed by atoms with van der Waals surface area (Å²) in [7, 11) is 1.75. The standard InChI is InChI=1S/C18H15ClN6OS/c1-25-18(21-23-24-25)16(13-5-3-2-4-6-13)22-26-11-14-17(19)27-15(20-14)10-9-12-7-8-12/h2-6,12H,7-8,11H2,1H3. The molecular formula is C18H15ClN6OS. The first-order valence-electron chi connectivity index (χ1n) is 8.35. The van der Waals surface area contributed by atoms with Gasteiger partial charge < -0.3 is 4.84 Å². The first kappa shape index (κ1) is 17.6. The van der Waals surface area contributed by atoms with Crippen molar-refractivity contribution < 1.29 is 4.84 Å². The third kappa shape index (κ3) is 4.32. The van der Waals surface area contributed by atoms with E-state index in [1.807, 2.05) is 30.3 Å². The van der Waals surface area contributed by atoms with E-state index in [1.165, 1.54) is 28.9 Å². The lowest BCUT2D eigenvalue weighted by Gasteiger charge is -2.05. The number of benzene rings is 1. The van der Waals surface area contributed by atoms with Crippen LogP contribution in [0.25, 0.3) is 0 Å². The summed E-state index contributed by atoms with van der Waals surface area (Å²) in [5.74, 6) is 7.27. The molecule has 1 fully saturated rings. The molecule has 0 N–H and O–H groups in total. The molecule has 0 unspecified atom stereocenters. The van der Waals surface area contributed by atoms with Crippen LogP contribution in [0.5, 0.6) is 0 Å². The molecule has 0 atom stereocenters. The number of oxime groups is 1. The maximum atomic E-state index is 6.26. The van der Waals surface area contributed by atoms with Crippen LogP contribution in [0, 0.1) is 17.8 Å². The van der Waals surface area contributed by atoms with Crippen molar-refractivity contribution in [2.75, 3.05) is 0 Å². The number of aromatic nitrogens is 5. The predicted molar refractivity (Wildman–Crippen MR) is 102 cm³/mol. The number of hydrogen-bond acceptors (Lipinski definition) is 7. The molecule has 4 rings (SSSR count). The number of halogens is 1. The van der Waals surface area contributed by atoms with E-state index in [9.17, 15) is 0 Å². The van der Waals surface area contributed by atoms with Crippen molar-refractivity contribution in [1.29, 1.82) is 0 Å². The molecule has 0 aliphatic heterocycles. The zero-order valence-corrected chi connectivity index (χ0v) is 16.0. The van der Waals surface area contributed by atoms with Crippen LogP contribution in [-0.2, 0) is 18.5 Å². The van der Waals surface area contributed by atoms with E-state index in [0.717, 1.165) is 5.56 Å². The van der Waals surface area contributed by atoms with Crippen molar-refractivity contribution in [2.24, 2.45) is 18.1 Å². The first-order chi connectivity index (χ1) is 13.2. The highest BCUT2D eigenvalue weighted by Gasteiger charge is 2.18. The molecule has 2 aromatic heterocycles. The van der Waals surface area contributed by atoms with Crippen LogP contribution in [0.2, 0.25) is 4.34 Å². The second-order valence-corrected chi connectivity index (χ2v) is 7.59. The lowest BCUT2D eigenvalue weighted by molar-refractivity contribution is 0.128. The van der Waals surface area contributed by atoms with Gasteiger partial charge in [-0.05, 0) is 29.2 Å². The fourth-order valence-corrected chi connectivity index (χ4v) is 3.25. The summed E-state index contributed by atoms with van der Waals surface area (Å²) >= 11 is 7.61. The Balaban J connectivity index is 1.53. The average molecular weight is 399 g/mol. The van der Waals surface area contributed by atoms with Crippen molar-refractivity contribution in [3.05, 3.63) is 56.8 Å². The third-order valence-corrected chi connectivity index (χ3v) is 5.10. The molecule has 1 aliphatic carbocycles. The maximum absolute atomic E-state index is 6.26. The van der Waals surface area contributed by atoms with Crippen LogP contribution in [0.4, 0.5) is 0 Å². The van der Waals surface area contributed by atoms with Crippen molar-refractivity contribution in [3.63, 3.8) is 0 Å². The van der Waals surface area contributed by atoms with Gasteiger partial charge in [0, 0.05) is 18.5 Å². The molecule has 7 nitrogen and oxygen atoms in total. The Morgan fingerprint density at radius 3 is 2.89 bits per heavy atom. The number of aryl methyl sites for hydroxylation is 1. The average Bonchev–Trinajstić information content (AvgIpc) is 3.32. The second-order valence-electron chi connectivity index (χ2n) is 5.99. The number of thiazole rings is 1. The van der Waals surface area contributed by atoms with Gasteiger partial charge in [0.1, 0.15) is 10.0 Å². The fraction of sp³-hybridized carbons (Fsp3) is 0.278. The second kappa shape index (κ2) is 7.86. The maximum Gasteiger partial charge on any atom is 0.204 e. The molecule has 27 heavy (non-hydrogen) atoms. The Morgan fingerprint density at radius 2 is 2.19 bits per heavy atom.